The second-order valence-corrected chi connectivity index (χ2v) is 3.69. The highest BCUT2D eigenvalue weighted by molar-refractivity contribution is 5.83. The molecule has 20 heavy (non-hydrogen) atoms. The molecule has 0 radical (unpaired) electrons. The molecule has 0 aliphatic heterocycles. The number of phenolic OH excluding ortho intramolecular Hbond substituents is 2. The molecule has 0 atom stereocenters. The number of rotatable bonds is 3. The topological polar surface area (TPSA) is 106 Å². The van der Waals surface area contributed by atoms with E-state index in [1.165, 1.54) is 36.8 Å². The van der Waals surface area contributed by atoms with Gasteiger partial charge in [0.15, 0.2) is 11.5 Å². The molecule has 98 valence electrons. The number of hydrogen-bond donors (Lipinski definition) is 2. The lowest BCUT2D eigenvalue weighted by Gasteiger charge is -2.12. The number of hydrogen-bond acceptors (Lipinski definition) is 6. The van der Waals surface area contributed by atoms with Crippen molar-refractivity contribution in [2.75, 3.05) is 0 Å². The molecule has 2 rings (SSSR count). The number of phenols is 2. The SMILES string of the molecule is N#COc1ccc(O)c(-c2ccccc2O)c1OC#N. The molecule has 6 heteroatoms. The summed E-state index contributed by atoms with van der Waals surface area (Å²) in [6.07, 6.45) is 2.92. The molecule has 2 N–H and O–H groups in total. The molecule has 0 saturated carbocycles. The average molecular weight is 268 g/mol. The zero-order valence-corrected chi connectivity index (χ0v) is 10.1. The summed E-state index contributed by atoms with van der Waals surface area (Å²) in [5.41, 5.74) is 0.316. The Labute approximate surface area is 114 Å². The van der Waals surface area contributed by atoms with Crippen LogP contribution in [0.3, 0.4) is 0 Å². The third-order valence-corrected chi connectivity index (χ3v) is 2.58. The van der Waals surface area contributed by atoms with Crippen molar-refractivity contribution < 1.29 is 19.7 Å². The molecule has 0 aliphatic rings. The third kappa shape index (κ3) is 2.26. The van der Waals surface area contributed by atoms with Crippen molar-refractivity contribution in [3.63, 3.8) is 0 Å². The second-order valence-electron chi connectivity index (χ2n) is 3.69. The number of ether oxygens (including phenoxy) is 2. The number of nitrogens with zero attached hydrogens (tertiary/aromatic N) is 2. The van der Waals surface area contributed by atoms with E-state index in [4.69, 9.17) is 15.3 Å². The minimum Gasteiger partial charge on any atom is -0.507 e. The van der Waals surface area contributed by atoms with Crippen molar-refractivity contribution in [2.24, 2.45) is 0 Å². The quantitative estimate of drug-likeness (QED) is 0.828. The largest absolute Gasteiger partial charge is 0.507 e. The lowest BCUT2D eigenvalue weighted by atomic mass is 10.0. The van der Waals surface area contributed by atoms with Crippen molar-refractivity contribution in [2.45, 2.75) is 0 Å². The Morgan fingerprint density at radius 1 is 0.850 bits per heavy atom. The van der Waals surface area contributed by atoms with Gasteiger partial charge in [-0.3, -0.25) is 0 Å². The maximum Gasteiger partial charge on any atom is 0.292 e. The smallest absolute Gasteiger partial charge is 0.292 e. The van der Waals surface area contributed by atoms with E-state index >= 15 is 0 Å². The Balaban J connectivity index is 2.75. The van der Waals surface area contributed by atoms with E-state index in [9.17, 15) is 10.2 Å². The molecular formula is C14H8N2O4. The number of nitriles is 2. The zero-order valence-electron chi connectivity index (χ0n) is 10.1. The molecule has 2 aromatic rings. The van der Waals surface area contributed by atoms with E-state index in [-0.39, 0.29) is 34.1 Å². The third-order valence-electron chi connectivity index (χ3n) is 2.58. The predicted molar refractivity (Wildman–Crippen MR) is 67.7 cm³/mol. The van der Waals surface area contributed by atoms with Crippen molar-refractivity contribution >= 4 is 0 Å². The van der Waals surface area contributed by atoms with E-state index in [2.05, 4.69) is 4.74 Å². The maximum absolute atomic E-state index is 9.95. The van der Waals surface area contributed by atoms with Crippen LogP contribution in [0, 0.1) is 23.0 Å². The van der Waals surface area contributed by atoms with Crippen LogP contribution in [0.4, 0.5) is 0 Å². The minimum absolute atomic E-state index is 0.0369. The lowest BCUT2D eigenvalue weighted by molar-refractivity contribution is 0.430. The van der Waals surface area contributed by atoms with Gasteiger partial charge in [0.2, 0.25) is 0 Å². The first kappa shape index (κ1) is 13.1. The second kappa shape index (κ2) is 5.51. The van der Waals surface area contributed by atoms with Gasteiger partial charge in [0.05, 0.1) is 5.56 Å². The van der Waals surface area contributed by atoms with Crippen LogP contribution in [-0.2, 0) is 0 Å². The number of para-hydroxylation sites is 1. The fourth-order valence-electron chi connectivity index (χ4n) is 1.78. The van der Waals surface area contributed by atoms with Gasteiger partial charge in [-0.2, -0.15) is 0 Å². The van der Waals surface area contributed by atoms with Gasteiger partial charge in [-0.25, -0.2) is 0 Å². The summed E-state index contributed by atoms with van der Waals surface area (Å²) in [7, 11) is 0. The monoisotopic (exact) mass is 268 g/mol. The van der Waals surface area contributed by atoms with Crippen LogP contribution in [0.25, 0.3) is 11.1 Å². The van der Waals surface area contributed by atoms with Gasteiger partial charge in [-0.05, 0) is 18.2 Å². The van der Waals surface area contributed by atoms with Crippen molar-refractivity contribution in [3.8, 4) is 46.6 Å². The fraction of sp³-hybridized carbons (Fsp3) is 0. The molecule has 0 bridgehead atoms. The minimum atomic E-state index is -0.220. The standard InChI is InChI=1S/C14H8N2O4/c15-7-19-12-6-5-11(18)13(14(12)20-8-16)9-3-1-2-4-10(9)17/h1-6,17-18H. The molecule has 0 aromatic heterocycles. The maximum atomic E-state index is 9.95. The Morgan fingerprint density at radius 2 is 1.55 bits per heavy atom. The summed E-state index contributed by atoms with van der Waals surface area (Å²) in [4.78, 5) is 0. The number of benzene rings is 2. The van der Waals surface area contributed by atoms with Gasteiger partial charge in [0, 0.05) is 5.56 Å². The van der Waals surface area contributed by atoms with Crippen LogP contribution in [0.15, 0.2) is 36.4 Å². The van der Waals surface area contributed by atoms with Gasteiger partial charge in [0.25, 0.3) is 12.5 Å². The van der Waals surface area contributed by atoms with E-state index in [0.29, 0.717) is 0 Å². The van der Waals surface area contributed by atoms with Crippen LogP contribution in [0.5, 0.6) is 23.0 Å². The molecule has 0 fully saturated rings. The molecule has 2 aromatic carbocycles. The molecular weight excluding hydrogens is 260 g/mol. The van der Waals surface area contributed by atoms with E-state index in [1.54, 1.807) is 12.1 Å². The average Bonchev–Trinajstić information content (AvgIpc) is 2.44. The van der Waals surface area contributed by atoms with Crippen LogP contribution >= 0.6 is 0 Å². The van der Waals surface area contributed by atoms with E-state index < -0.39 is 0 Å². The van der Waals surface area contributed by atoms with Gasteiger partial charge in [0.1, 0.15) is 11.5 Å². The Morgan fingerprint density at radius 3 is 2.20 bits per heavy atom. The fourth-order valence-corrected chi connectivity index (χ4v) is 1.78. The normalized spacial score (nSPS) is 9.30. The molecule has 0 heterocycles. The van der Waals surface area contributed by atoms with E-state index in [0.717, 1.165) is 0 Å². The van der Waals surface area contributed by atoms with E-state index in [1.807, 2.05) is 0 Å². The Bertz CT molecular complexity index is 729. The molecule has 6 nitrogen and oxygen atoms in total. The first-order valence-corrected chi connectivity index (χ1v) is 5.45. The molecule has 0 amide bonds. The number of aromatic hydroxyl groups is 2. The van der Waals surface area contributed by atoms with Gasteiger partial charge < -0.3 is 19.7 Å². The first-order chi connectivity index (χ1) is 9.69. The van der Waals surface area contributed by atoms with Crippen LogP contribution in [0.1, 0.15) is 0 Å². The lowest BCUT2D eigenvalue weighted by Crippen LogP contribution is -1.93. The van der Waals surface area contributed by atoms with Crippen LogP contribution < -0.4 is 9.47 Å². The zero-order chi connectivity index (χ0) is 14.5. The van der Waals surface area contributed by atoms with Gasteiger partial charge >= 0.3 is 0 Å². The highest BCUT2D eigenvalue weighted by Crippen LogP contribution is 2.46. The molecule has 0 aliphatic carbocycles. The van der Waals surface area contributed by atoms with Gasteiger partial charge in [-0.15, -0.1) is 10.5 Å². The summed E-state index contributed by atoms with van der Waals surface area (Å²) in [6, 6.07) is 8.76. The van der Waals surface area contributed by atoms with Crippen molar-refractivity contribution in [1.82, 2.24) is 0 Å². The van der Waals surface area contributed by atoms with Crippen LogP contribution in [0.2, 0.25) is 0 Å². The predicted octanol–water partition coefficient (Wildman–Crippen LogP) is 2.48. The molecule has 0 spiro atoms. The Kier molecular flexibility index (Phi) is 3.60. The van der Waals surface area contributed by atoms with Crippen molar-refractivity contribution in [1.29, 1.82) is 10.5 Å². The molecule has 0 saturated heterocycles. The highest BCUT2D eigenvalue weighted by atomic mass is 16.5. The van der Waals surface area contributed by atoms with Crippen molar-refractivity contribution in [3.05, 3.63) is 36.4 Å². The highest BCUT2D eigenvalue weighted by Gasteiger charge is 2.20. The summed E-state index contributed by atoms with van der Waals surface area (Å²) in [6.45, 7) is 0. The van der Waals surface area contributed by atoms with Crippen LogP contribution in [-0.4, -0.2) is 10.2 Å². The molecule has 0 unspecified atom stereocenters. The Hall–Kier alpha value is -3.38. The summed E-state index contributed by atoms with van der Waals surface area (Å²) < 4.78 is 9.45. The summed E-state index contributed by atoms with van der Waals surface area (Å²) in [5, 5.41) is 37.1. The first-order valence-electron chi connectivity index (χ1n) is 5.45. The summed E-state index contributed by atoms with van der Waals surface area (Å²) in [5.74, 6) is -0.512. The summed E-state index contributed by atoms with van der Waals surface area (Å²) >= 11 is 0. The van der Waals surface area contributed by atoms with Gasteiger partial charge in [-0.1, -0.05) is 18.2 Å².